The molecule has 1 aliphatic carbocycles. The summed E-state index contributed by atoms with van der Waals surface area (Å²) in [4.78, 5) is 13.7. The summed E-state index contributed by atoms with van der Waals surface area (Å²) in [5.74, 6) is 12.8. The normalized spacial score (nSPS) is 11.2. The van der Waals surface area contributed by atoms with Crippen molar-refractivity contribution in [1.82, 2.24) is 15.0 Å². The maximum Gasteiger partial charge on any atom is 0.0906 e. The molecule has 152 valence electrons. The lowest BCUT2D eigenvalue weighted by Crippen LogP contribution is -1.93. The molecule has 0 radical (unpaired) electrons. The van der Waals surface area contributed by atoms with Crippen molar-refractivity contribution in [3.63, 3.8) is 0 Å². The Morgan fingerprint density at radius 1 is 0.576 bits per heavy atom. The zero-order valence-electron chi connectivity index (χ0n) is 17.7. The minimum Gasteiger partial charge on any atom is -0.255 e. The Kier molecular flexibility index (Phi) is 5.73. The quantitative estimate of drug-likeness (QED) is 0.313. The second kappa shape index (κ2) is 9.46. The predicted octanol–water partition coefficient (Wildman–Crippen LogP) is 5.61. The van der Waals surface area contributed by atoms with Crippen molar-refractivity contribution in [2.24, 2.45) is 0 Å². The van der Waals surface area contributed by atoms with Crippen LogP contribution in [0.2, 0.25) is 0 Å². The van der Waals surface area contributed by atoms with E-state index in [0.717, 1.165) is 45.0 Å². The summed E-state index contributed by atoms with van der Waals surface area (Å²) in [6, 6.07) is 23.4. The molecule has 0 atom stereocenters. The summed E-state index contributed by atoms with van der Waals surface area (Å²) < 4.78 is 0. The molecule has 0 fully saturated rings. The number of allylic oxidation sites excluding steroid dienone is 3. The lowest BCUT2D eigenvalue weighted by molar-refractivity contribution is 1.21. The largest absolute Gasteiger partial charge is 0.255 e. The highest BCUT2D eigenvalue weighted by Crippen LogP contribution is 2.22. The van der Waals surface area contributed by atoms with Crippen LogP contribution in [0, 0.1) is 23.7 Å². The summed E-state index contributed by atoms with van der Waals surface area (Å²) in [6.07, 6.45) is 9.26. The van der Waals surface area contributed by atoms with Crippen LogP contribution in [0.25, 0.3) is 22.8 Å². The van der Waals surface area contributed by atoms with Gasteiger partial charge in [0.2, 0.25) is 0 Å². The molecule has 0 unspecified atom stereocenters. The lowest BCUT2D eigenvalue weighted by atomic mass is 10.1. The van der Waals surface area contributed by atoms with E-state index in [1.165, 1.54) is 0 Å². The smallest absolute Gasteiger partial charge is 0.0906 e. The van der Waals surface area contributed by atoms with Gasteiger partial charge >= 0.3 is 0 Å². The van der Waals surface area contributed by atoms with E-state index in [1.807, 2.05) is 91.0 Å². The monoisotopic (exact) mass is 419 g/mol. The number of aromatic nitrogens is 3. The fraction of sp³-hybridized carbons (Fsp3) is 0. The average Bonchev–Trinajstić information content (AvgIpc) is 3.42. The topological polar surface area (TPSA) is 38.7 Å². The van der Waals surface area contributed by atoms with Gasteiger partial charge in [0.15, 0.2) is 0 Å². The van der Waals surface area contributed by atoms with E-state index in [0.29, 0.717) is 0 Å². The van der Waals surface area contributed by atoms with Gasteiger partial charge in [0.1, 0.15) is 0 Å². The standard InChI is InChI=1S/C30H17N3/c1-2-8-23(7-1)11-12-24-13-15-25(16-14-24)17-18-26-21-29(27-9-3-5-19-31-27)33-30(22-26)28-10-4-6-20-32-28/h1-7,9-10,13-16,19-22H. The summed E-state index contributed by atoms with van der Waals surface area (Å²) >= 11 is 0. The van der Waals surface area contributed by atoms with Crippen LogP contribution >= 0.6 is 0 Å². The van der Waals surface area contributed by atoms with Gasteiger partial charge in [0.05, 0.1) is 28.3 Å². The average molecular weight is 419 g/mol. The third-order valence-electron chi connectivity index (χ3n) is 4.86. The van der Waals surface area contributed by atoms with Gasteiger partial charge in [-0.1, -0.05) is 41.9 Å². The Morgan fingerprint density at radius 3 is 1.67 bits per heavy atom. The molecule has 1 aromatic carbocycles. The molecule has 0 aliphatic heterocycles. The van der Waals surface area contributed by atoms with E-state index >= 15 is 0 Å². The van der Waals surface area contributed by atoms with Crippen LogP contribution in [0.5, 0.6) is 0 Å². The van der Waals surface area contributed by atoms with Gasteiger partial charge < -0.3 is 0 Å². The Labute approximate surface area is 192 Å². The first-order chi connectivity index (χ1) is 16.3. The first kappa shape index (κ1) is 20.0. The highest BCUT2D eigenvalue weighted by Gasteiger charge is 2.08. The summed E-state index contributed by atoms with van der Waals surface area (Å²) in [6.45, 7) is 0. The molecule has 0 saturated heterocycles. The Balaban J connectivity index is 1.46. The highest BCUT2D eigenvalue weighted by molar-refractivity contribution is 5.65. The molecular weight excluding hydrogens is 402 g/mol. The Hall–Kier alpha value is -4.95. The molecule has 5 rings (SSSR count). The van der Waals surface area contributed by atoms with E-state index < -0.39 is 0 Å². The molecule has 3 nitrogen and oxygen atoms in total. The van der Waals surface area contributed by atoms with E-state index in [2.05, 4.69) is 39.4 Å². The zero-order valence-corrected chi connectivity index (χ0v) is 17.7. The van der Waals surface area contributed by atoms with E-state index in [1.54, 1.807) is 12.4 Å². The number of hydrogen-bond acceptors (Lipinski definition) is 3. The van der Waals surface area contributed by atoms with E-state index in [-0.39, 0.29) is 0 Å². The van der Waals surface area contributed by atoms with Crippen LogP contribution in [0.1, 0.15) is 16.7 Å². The molecule has 3 aromatic heterocycles. The molecule has 0 saturated carbocycles. The van der Waals surface area contributed by atoms with Crippen molar-refractivity contribution in [2.75, 3.05) is 0 Å². The predicted molar refractivity (Wildman–Crippen MR) is 131 cm³/mol. The fourth-order valence-corrected chi connectivity index (χ4v) is 3.22. The summed E-state index contributed by atoms with van der Waals surface area (Å²) in [5, 5.41) is 0. The van der Waals surface area contributed by atoms with E-state index in [4.69, 9.17) is 4.98 Å². The van der Waals surface area contributed by atoms with Crippen molar-refractivity contribution < 1.29 is 0 Å². The molecule has 1 aliphatic rings. The zero-order chi connectivity index (χ0) is 22.3. The molecule has 3 heterocycles. The van der Waals surface area contributed by atoms with Crippen molar-refractivity contribution in [2.45, 2.75) is 0 Å². The maximum absolute atomic E-state index is 4.77. The number of nitrogens with zero attached hydrogens (tertiary/aromatic N) is 3. The van der Waals surface area contributed by atoms with Gasteiger partial charge in [-0.3, -0.25) is 9.97 Å². The maximum atomic E-state index is 4.77. The molecule has 0 amide bonds. The molecule has 4 aromatic rings. The molecule has 0 bridgehead atoms. The second-order valence-corrected chi connectivity index (χ2v) is 7.22. The van der Waals surface area contributed by atoms with Crippen LogP contribution in [0.3, 0.4) is 0 Å². The lowest BCUT2D eigenvalue weighted by Gasteiger charge is -2.05. The van der Waals surface area contributed by atoms with Crippen molar-refractivity contribution in [3.05, 3.63) is 131 Å². The summed E-state index contributed by atoms with van der Waals surface area (Å²) in [7, 11) is 0. The van der Waals surface area contributed by atoms with Crippen LogP contribution in [0.4, 0.5) is 0 Å². The molecule has 3 heteroatoms. The molecular formula is C30H17N3. The van der Waals surface area contributed by atoms with Crippen LogP contribution in [-0.2, 0) is 0 Å². The molecule has 0 spiro atoms. The second-order valence-electron chi connectivity index (χ2n) is 7.22. The van der Waals surface area contributed by atoms with Gasteiger partial charge in [-0.05, 0) is 72.8 Å². The van der Waals surface area contributed by atoms with Crippen LogP contribution < -0.4 is 0 Å². The molecule has 33 heavy (non-hydrogen) atoms. The van der Waals surface area contributed by atoms with Gasteiger partial charge in [-0.2, -0.15) is 0 Å². The summed E-state index contributed by atoms with van der Waals surface area (Å²) in [5.41, 5.74) is 9.79. The first-order valence-electron chi connectivity index (χ1n) is 10.5. The Morgan fingerprint density at radius 2 is 1.15 bits per heavy atom. The van der Waals surface area contributed by atoms with Gasteiger partial charge in [0.25, 0.3) is 0 Å². The van der Waals surface area contributed by atoms with Gasteiger partial charge in [-0.15, -0.1) is 5.73 Å². The van der Waals surface area contributed by atoms with Crippen molar-refractivity contribution in [3.8, 4) is 46.5 Å². The van der Waals surface area contributed by atoms with E-state index in [9.17, 15) is 0 Å². The first-order valence-corrected chi connectivity index (χ1v) is 10.5. The third kappa shape index (κ3) is 5.04. The van der Waals surface area contributed by atoms with Crippen molar-refractivity contribution in [1.29, 1.82) is 0 Å². The number of hydrogen-bond donors (Lipinski definition) is 0. The minimum absolute atomic E-state index is 0.762. The van der Waals surface area contributed by atoms with Gasteiger partial charge in [0, 0.05) is 29.1 Å². The molecule has 0 N–H and O–H groups in total. The number of benzene rings is 1. The van der Waals surface area contributed by atoms with Gasteiger partial charge in [-0.25, -0.2) is 4.98 Å². The SMILES string of the molecule is C1=CC=CC=1C#Cc1ccc(C#Cc2cc(-c3ccccn3)nc(-c3ccccn3)c2)cc1. The number of pyridine rings is 3. The van der Waals surface area contributed by atoms with Crippen molar-refractivity contribution >= 4 is 0 Å². The fourth-order valence-electron chi connectivity index (χ4n) is 3.22. The van der Waals surface area contributed by atoms with Crippen LogP contribution in [0.15, 0.2) is 115 Å². The Bertz CT molecular complexity index is 1460. The van der Waals surface area contributed by atoms with Crippen LogP contribution in [-0.4, -0.2) is 15.0 Å². The highest BCUT2D eigenvalue weighted by atomic mass is 14.8. The number of rotatable bonds is 2. The minimum atomic E-state index is 0.762. The third-order valence-corrected chi connectivity index (χ3v) is 4.86.